The maximum atomic E-state index is 10.2. The predicted molar refractivity (Wildman–Crippen MR) is 216 cm³/mol. The number of fused-ring (bicyclic) bond motifs is 5. The van der Waals surface area contributed by atoms with Gasteiger partial charge in [-0.25, -0.2) is 0 Å². The molecule has 0 atom stereocenters. The van der Waals surface area contributed by atoms with E-state index in [1.54, 1.807) is 0 Å². The summed E-state index contributed by atoms with van der Waals surface area (Å²) in [5.74, 6) is 0. The molecule has 10 aromatic carbocycles. The van der Waals surface area contributed by atoms with Gasteiger partial charge in [-0.15, -0.1) is 0 Å². The molecule has 0 bridgehead atoms. The van der Waals surface area contributed by atoms with Gasteiger partial charge in [0.1, 0.15) is 0 Å². The molecule has 0 aliphatic heterocycles. The summed E-state index contributed by atoms with van der Waals surface area (Å²) in [6, 6.07) is -32.3. The second-order valence-corrected chi connectivity index (χ2v) is 10.8. The Morgan fingerprint density at radius 1 is 0.240 bits per heavy atom. The molecule has 0 nitrogen and oxygen atoms in total. The third kappa shape index (κ3) is 4.69. The zero-order valence-electron chi connectivity index (χ0n) is 57.0. The number of rotatable bonds is 4. The number of hydrogen-bond donors (Lipinski definition) is 0. The van der Waals surface area contributed by atoms with Crippen LogP contribution in [0.5, 0.6) is 0 Å². The van der Waals surface area contributed by atoms with Gasteiger partial charge < -0.3 is 0 Å². The molecule has 0 amide bonds. The lowest BCUT2D eigenvalue weighted by Gasteiger charge is -2.19. The molecule has 10 rings (SSSR count). The largest absolute Gasteiger partial charge is 0.0636 e. The van der Waals surface area contributed by atoms with Crippen LogP contribution in [0.1, 0.15) is 43.9 Å². The van der Waals surface area contributed by atoms with Crippen molar-refractivity contribution in [3.05, 3.63) is 193 Å². The fourth-order valence-electron chi connectivity index (χ4n) is 5.72. The summed E-state index contributed by atoms with van der Waals surface area (Å²) in [4.78, 5) is 0. The highest BCUT2D eigenvalue weighted by molar-refractivity contribution is 6.22. The molecule has 0 heteroatoms. The molecular formula is C50H32. The normalized spacial score (nSPS) is 20.6. The topological polar surface area (TPSA) is 0 Å². The van der Waals surface area contributed by atoms with E-state index in [1.165, 1.54) is 0 Å². The summed E-state index contributed by atoms with van der Waals surface area (Å²) < 4.78 is 290. The van der Waals surface area contributed by atoms with E-state index in [0.717, 1.165) is 0 Å². The second kappa shape index (κ2) is 11.6. The van der Waals surface area contributed by atoms with Crippen molar-refractivity contribution in [2.75, 3.05) is 0 Å². The molecule has 232 valence electrons. The van der Waals surface area contributed by atoms with Gasteiger partial charge >= 0.3 is 0 Å². The molecule has 0 unspecified atom stereocenters. The highest BCUT2D eigenvalue weighted by Crippen LogP contribution is 2.46. The first-order valence-corrected chi connectivity index (χ1v) is 14.8. The van der Waals surface area contributed by atoms with Crippen LogP contribution in [0.2, 0.25) is 0 Å². The van der Waals surface area contributed by atoms with Crippen LogP contribution >= 0.6 is 0 Å². The molecule has 0 saturated heterocycles. The summed E-state index contributed by atoms with van der Waals surface area (Å²) in [7, 11) is 0. The monoisotopic (exact) mass is 664 g/mol. The molecule has 0 heterocycles. The third-order valence-corrected chi connectivity index (χ3v) is 7.94. The third-order valence-electron chi connectivity index (χ3n) is 7.94. The number of hydrogen-bond acceptors (Lipinski definition) is 0. The van der Waals surface area contributed by atoms with Gasteiger partial charge in [0.15, 0.2) is 0 Å². The van der Waals surface area contributed by atoms with Crippen molar-refractivity contribution in [3.63, 3.8) is 0 Å². The van der Waals surface area contributed by atoms with Gasteiger partial charge in [-0.05, 0) is 116 Å². The number of benzene rings is 10. The van der Waals surface area contributed by atoms with Crippen molar-refractivity contribution in [1.82, 2.24) is 0 Å². The van der Waals surface area contributed by atoms with Crippen molar-refractivity contribution in [3.8, 4) is 44.5 Å². The van der Waals surface area contributed by atoms with Gasteiger partial charge in [0, 0.05) is 0 Å². The van der Waals surface area contributed by atoms with E-state index in [1.807, 2.05) is 0 Å². The molecule has 0 saturated carbocycles. The van der Waals surface area contributed by atoms with Crippen molar-refractivity contribution in [1.29, 1.82) is 0 Å². The Kier molecular flexibility index (Phi) is 2.55. The second-order valence-electron chi connectivity index (χ2n) is 10.8. The average Bonchev–Trinajstić information content (AvgIpc) is 2.28. The molecule has 0 spiro atoms. The first kappa shape index (κ1) is 11.0. The average molecular weight is 665 g/mol. The Balaban J connectivity index is 1.53. The fourth-order valence-corrected chi connectivity index (χ4v) is 5.72. The summed E-state index contributed by atoms with van der Waals surface area (Å²) in [6.45, 7) is 0. The Hall–Kier alpha value is -6.50. The summed E-state index contributed by atoms with van der Waals surface area (Å²) in [5.41, 5.74) is -7.22. The first-order valence-electron chi connectivity index (χ1n) is 30.8. The smallest absolute Gasteiger partial charge is 0.0616 e. The van der Waals surface area contributed by atoms with Crippen molar-refractivity contribution < 1.29 is 43.9 Å². The van der Waals surface area contributed by atoms with Gasteiger partial charge in [0.2, 0.25) is 0 Å². The van der Waals surface area contributed by atoms with Crippen LogP contribution in [-0.2, 0) is 0 Å². The van der Waals surface area contributed by atoms with Crippen LogP contribution in [0.4, 0.5) is 0 Å². The van der Waals surface area contributed by atoms with E-state index >= 15 is 0 Å². The lowest BCUT2D eigenvalue weighted by Crippen LogP contribution is -1.92. The Labute approximate surface area is 336 Å². The Morgan fingerprint density at radius 3 is 1.38 bits per heavy atom. The van der Waals surface area contributed by atoms with Crippen LogP contribution in [0, 0.1) is 0 Å². The zero-order chi connectivity index (χ0) is 60.9. The molecule has 0 aliphatic carbocycles. The molecule has 0 aromatic heterocycles. The van der Waals surface area contributed by atoms with Crippen LogP contribution in [0.15, 0.2) is 193 Å². The maximum Gasteiger partial charge on any atom is 0.0636 e. The summed E-state index contributed by atoms with van der Waals surface area (Å²) in [5, 5.41) is -7.60. The summed E-state index contributed by atoms with van der Waals surface area (Å²) >= 11 is 0. The molecule has 50 heavy (non-hydrogen) atoms. The summed E-state index contributed by atoms with van der Waals surface area (Å²) in [6.07, 6.45) is 0. The first-order chi connectivity index (χ1) is 38.1. The van der Waals surface area contributed by atoms with Crippen LogP contribution < -0.4 is 0 Å². The minimum atomic E-state index is -1.20. The SMILES string of the molecule is [2H]c1c([2H])c(-c2c3c([2H])c([2H])c([2H])c([2H])c3c(-c3c([2H])c([2H])c4c([2H])c([2H])c([2H])c([2H])c4c3[2H])c3c([2H])c(-c4c([2H])c([2H])c5c([2H])c([2H])c([2H])c([2H])c5c4[2H])c([2H])c([2H])c23)c([2H])c([2H])c1-c1c([2H])c([2H])c([2H])c2c([2H])c([2H])c([2H])c([2H])c12. The molecule has 0 radical (unpaired) electrons. The van der Waals surface area contributed by atoms with Gasteiger partial charge in [-0.1, -0.05) is 175 Å². The molecule has 10 aromatic rings. The maximum absolute atomic E-state index is 10.2. The minimum absolute atomic E-state index is 0.631. The Morgan fingerprint density at radius 2 is 0.680 bits per heavy atom. The molecular weight excluding hydrogens is 601 g/mol. The van der Waals surface area contributed by atoms with Crippen molar-refractivity contribution in [2.24, 2.45) is 0 Å². The lowest BCUT2D eigenvalue weighted by molar-refractivity contribution is 1.63. The van der Waals surface area contributed by atoms with Crippen LogP contribution in [0.3, 0.4) is 0 Å². The quantitative estimate of drug-likeness (QED) is 0.164. The van der Waals surface area contributed by atoms with Gasteiger partial charge in [0.25, 0.3) is 0 Å². The van der Waals surface area contributed by atoms with E-state index in [0.29, 0.717) is 0 Å². The lowest BCUT2D eigenvalue weighted by atomic mass is 9.84. The Bertz CT molecular complexity index is 4720. The van der Waals surface area contributed by atoms with Crippen molar-refractivity contribution >= 4 is 53.9 Å². The highest BCUT2D eigenvalue weighted by Gasteiger charge is 2.18. The van der Waals surface area contributed by atoms with Crippen LogP contribution in [-0.4, -0.2) is 0 Å². The van der Waals surface area contributed by atoms with Gasteiger partial charge in [0.05, 0.1) is 43.9 Å². The van der Waals surface area contributed by atoms with Gasteiger partial charge in [-0.2, -0.15) is 0 Å². The van der Waals surface area contributed by atoms with E-state index in [9.17, 15) is 19.2 Å². The van der Waals surface area contributed by atoms with Crippen molar-refractivity contribution in [2.45, 2.75) is 0 Å². The molecule has 0 aliphatic rings. The zero-order valence-corrected chi connectivity index (χ0v) is 25.0. The highest BCUT2D eigenvalue weighted by atomic mass is 14.2. The van der Waals surface area contributed by atoms with Crippen LogP contribution in [0.25, 0.3) is 98.4 Å². The standard InChI is InChI=1S/C50H32/c1-3-13-38-30-40(26-20-33(38)10-1)41-28-29-47-48(32-41)50(42-27-21-34-11-2-4-14-39(34)31-42)46-18-8-7-17-45(46)49(47)37-24-22-36(23-25-37)44-19-9-15-35-12-5-6-16-43(35)44/h1-32H/i1D,2D,3D,4D,5D,6D,7D,8D,9D,10D,11D,12D,13D,14D,15D,16D,17D,18D,19D,20D,21D,22D,23D,24D,25D,26D,27D,28D,29D,30D,31D,32D. The minimum Gasteiger partial charge on any atom is -0.0616 e. The molecule has 0 fully saturated rings. The van der Waals surface area contributed by atoms with E-state index in [-0.39, 0.29) is 0 Å². The van der Waals surface area contributed by atoms with Gasteiger partial charge in [-0.3, -0.25) is 0 Å². The van der Waals surface area contributed by atoms with E-state index < -0.39 is 292 Å². The fraction of sp³-hybridized carbons (Fsp3) is 0. The molecule has 0 N–H and O–H groups in total. The van der Waals surface area contributed by atoms with E-state index in [2.05, 4.69) is 0 Å². The predicted octanol–water partition coefficient (Wildman–Crippen LogP) is 14.1. The van der Waals surface area contributed by atoms with E-state index in [4.69, 9.17) is 24.7 Å².